The van der Waals surface area contributed by atoms with Gasteiger partial charge in [-0.15, -0.1) is 0 Å². The van der Waals surface area contributed by atoms with Crippen molar-refractivity contribution in [3.63, 3.8) is 0 Å². The number of nitrogens with zero attached hydrogens (tertiary/aromatic N) is 2. The summed E-state index contributed by atoms with van der Waals surface area (Å²) in [6.07, 6.45) is 5.55. The molecule has 2 unspecified atom stereocenters. The van der Waals surface area contributed by atoms with Crippen LogP contribution in [0.3, 0.4) is 0 Å². The molecule has 0 amide bonds. The van der Waals surface area contributed by atoms with Crippen LogP contribution in [0.15, 0.2) is 12.1 Å². The van der Waals surface area contributed by atoms with Crippen molar-refractivity contribution in [2.75, 3.05) is 26.4 Å². The van der Waals surface area contributed by atoms with Gasteiger partial charge in [0.05, 0.1) is 18.9 Å². The highest BCUT2D eigenvalue weighted by Crippen LogP contribution is 2.29. The molecule has 0 saturated carbocycles. The largest absolute Gasteiger partial charge is 0.395 e. The van der Waals surface area contributed by atoms with Gasteiger partial charge >= 0.3 is 0 Å². The topological polar surface area (TPSA) is 45.6 Å². The maximum absolute atomic E-state index is 9.55. The lowest BCUT2D eigenvalue weighted by molar-refractivity contribution is 0.151. The first-order valence-corrected chi connectivity index (χ1v) is 8.73. The number of aryl methyl sites for hydroxylation is 1. The van der Waals surface area contributed by atoms with Crippen molar-refractivity contribution in [2.24, 2.45) is 0 Å². The van der Waals surface area contributed by atoms with E-state index in [1.54, 1.807) is 0 Å². The maximum atomic E-state index is 9.55. The Morgan fingerprint density at radius 3 is 3.00 bits per heavy atom. The fourth-order valence-corrected chi connectivity index (χ4v) is 3.73. The Bertz CT molecular complexity index is 486. The molecule has 0 bridgehead atoms. The SMILES string of the molecule is CCCc1ccc(C2CCOC2)c(CN2CCCC2CO)n1. The van der Waals surface area contributed by atoms with Crippen LogP contribution in [-0.2, 0) is 17.7 Å². The Labute approximate surface area is 133 Å². The van der Waals surface area contributed by atoms with E-state index in [4.69, 9.17) is 9.72 Å². The third-order valence-electron chi connectivity index (χ3n) is 5.01. The van der Waals surface area contributed by atoms with E-state index in [1.165, 1.54) is 23.4 Å². The van der Waals surface area contributed by atoms with Gasteiger partial charge in [-0.2, -0.15) is 0 Å². The highest BCUT2D eigenvalue weighted by Gasteiger charge is 2.27. The third-order valence-corrected chi connectivity index (χ3v) is 5.01. The molecule has 2 aliphatic rings. The summed E-state index contributed by atoms with van der Waals surface area (Å²) in [5.41, 5.74) is 3.77. The molecule has 2 fully saturated rings. The van der Waals surface area contributed by atoms with Gasteiger partial charge in [0.2, 0.25) is 0 Å². The molecule has 0 aliphatic carbocycles. The highest BCUT2D eigenvalue weighted by molar-refractivity contribution is 5.28. The lowest BCUT2D eigenvalue weighted by Crippen LogP contribution is -2.32. The maximum Gasteiger partial charge on any atom is 0.0587 e. The van der Waals surface area contributed by atoms with Crippen molar-refractivity contribution in [1.82, 2.24) is 9.88 Å². The molecule has 1 aromatic rings. The highest BCUT2D eigenvalue weighted by atomic mass is 16.5. The Hall–Kier alpha value is -0.970. The van der Waals surface area contributed by atoms with E-state index >= 15 is 0 Å². The van der Waals surface area contributed by atoms with Gasteiger partial charge in [0.1, 0.15) is 0 Å². The van der Waals surface area contributed by atoms with E-state index in [0.717, 1.165) is 52.0 Å². The van der Waals surface area contributed by atoms with Crippen LogP contribution in [0.5, 0.6) is 0 Å². The van der Waals surface area contributed by atoms with Crippen LogP contribution in [0.1, 0.15) is 55.5 Å². The minimum absolute atomic E-state index is 0.260. The first kappa shape index (κ1) is 15.9. The minimum Gasteiger partial charge on any atom is -0.395 e. The minimum atomic E-state index is 0.260. The number of aromatic nitrogens is 1. The average Bonchev–Trinajstić information content (AvgIpc) is 3.19. The Morgan fingerprint density at radius 2 is 2.27 bits per heavy atom. The van der Waals surface area contributed by atoms with Crippen LogP contribution in [0.2, 0.25) is 0 Å². The van der Waals surface area contributed by atoms with Crippen molar-refractivity contribution < 1.29 is 9.84 Å². The van der Waals surface area contributed by atoms with E-state index in [-0.39, 0.29) is 6.61 Å². The summed E-state index contributed by atoms with van der Waals surface area (Å²) < 4.78 is 5.58. The quantitative estimate of drug-likeness (QED) is 0.877. The summed E-state index contributed by atoms with van der Waals surface area (Å²) in [6, 6.07) is 4.77. The van der Waals surface area contributed by atoms with Crippen molar-refractivity contribution in [1.29, 1.82) is 0 Å². The van der Waals surface area contributed by atoms with Crippen LogP contribution in [0.4, 0.5) is 0 Å². The molecule has 0 spiro atoms. The number of rotatable bonds is 6. The van der Waals surface area contributed by atoms with Crippen molar-refractivity contribution in [3.8, 4) is 0 Å². The normalized spacial score (nSPS) is 25.9. The molecule has 1 aromatic heterocycles. The zero-order valence-electron chi connectivity index (χ0n) is 13.6. The number of pyridine rings is 1. The number of aliphatic hydroxyl groups is 1. The Balaban J connectivity index is 1.83. The van der Waals surface area contributed by atoms with E-state index in [1.807, 2.05) is 0 Å². The predicted molar refractivity (Wildman–Crippen MR) is 86.9 cm³/mol. The molecule has 4 heteroatoms. The first-order valence-electron chi connectivity index (χ1n) is 8.73. The van der Waals surface area contributed by atoms with Gasteiger partial charge in [0.25, 0.3) is 0 Å². The third kappa shape index (κ3) is 3.50. The molecule has 0 aromatic carbocycles. The van der Waals surface area contributed by atoms with Crippen molar-refractivity contribution >= 4 is 0 Å². The van der Waals surface area contributed by atoms with Gasteiger partial charge in [0, 0.05) is 30.8 Å². The van der Waals surface area contributed by atoms with E-state index in [2.05, 4.69) is 24.0 Å². The summed E-state index contributed by atoms with van der Waals surface area (Å²) in [5, 5.41) is 9.55. The number of hydrogen-bond donors (Lipinski definition) is 1. The molecule has 2 saturated heterocycles. The van der Waals surface area contributed by atoms with E-state index in [0.29, 0.717) is 12.0 Å². The lowest BCUT2D eigenvalue weighted by atomic mass is 9.95. The lowest BCUT2D eigenvalue weighted by Gasteiger charge is -2.24. The van der Waals surface area contributed by atoms with Gasteiger partial charge in [-0.3, -0.25) is 9.88 Å². The van der Waals surface area contributed by atoms with Gasteiger partial charge < -0.3 is 9.84 Å². The van der Waals surface area contributed by atoms with E-state index in [9.17, 15) is 5.11 Å². The van der Waals surface area contributed by atoms with Gasteiger partial charge in [0.15, 0.2) is 0 Å². The standard InChI is InChI=1S/C18H28N2O2/c1-2-4-15-6-7-17(14-8-10-22-13-14)18(19-15)11-20-9-3-5-16(20)12-21/h6-7,14,16,21H,2-5,8-13H2,1H3. The van der Waals surface area contributed by atoms with Crippen LogP contribution in [-0.4, -0.2) is 47.4 Å². The fourth-order valence-electron chi connectivity index (χ4n) is 3.73. The molecule has 0 radical (unpaired) electrons. The summed E-state index contributed by atoms with van der Waals surface area (Å²) in [5.74, 6) is 0.494. The molecule has 122 valence electrons. The summed E-state index contributed by atoms with van der Waals surface area (Å²) >= 11 is 0. The van der Waals surface area contributed by atoms with Gasteiger partial charge in [-0.1, -0.05) is 19.4 Å². The number of aliphatic hydroxyl groups excluding tert-OH is 1. The summed E-state index contributed by atoms with van der Waals surface area (Å²) in [7, 11) is 0. The van der Waals surface area contributed by atoms with Gasteiger partial charge in [-0.25, -0.2) is 0 Å². The Kier molecular flexibility index (Phi) is 5.45. The molecule has 2 atom stereocenters. The number of hydrogen-bond acceptors (Lipinski definition) is 4. The van der Waals surface area contributed by atoms with Crippen molar-refractivity contribution in [3.05, 3.63) is 29.1 Å². The first-order chi connectivity index (χ1) is 10.8. The molecular weight excluding hydrogens is 276 g/mol. The van der Waals surface area contributed by atoms with Crippen LogP contribution >= 0.6 is 0 Å². The van der Waals surface area contributed by atoms with Crippen LogP contribution in [0.25, 0.3) is 0 Å². The molecule has 2 aliphatic heterocycles. The predicted octanol–water partition coefficient (Wildman–Crippen LogP) is 2.49. The molecular formula is C18H28N2O2. The summed E-state index contributed by atoms with van der Waals surface area (Å²) in [4.78, 5) is 7.36. The molecule has 3 rings (SSSR count). The second-order valence-electron chi connectivity index (χ2n) is 6.60. The number of ether oxygens (including phenoxy) is 1. The van der Waals surface area contributed by atoms with E-state index < -0.39 is 0 Å². The van der Waals surface area contributed by atoms with Crippen LogP contribution in [0, 0.1) is 0 Å². The second kappa shape index (κ2) is 7.53. The molecule has 3 heterocycles. The van der Waals surface area contributed by atoms with Crippen LogP contribution < -0.4 is 0 Å². The molecule has 4 nitrogen and oxygen atoms in total. The summed E-state index contributed by atoms with van der Waals surface area (Å²) in [6.45, 7) is 6.09. The monoisotopic (exact) mass is 304 g/mol. The Morgan fingerprint density at radius 1 is 1.36 bits per heavy atom. The second-order valence-corrected chi connectivity index (χ2v) is 6.60. The molecule has 22 heavy (non-hydrogen) atoms. The zero-order chi connectivity index (χ0) is 15.4. The van der Waals surface area contributed by atoms with Crippen molar-refractivity contribution in [2.45, 2.75) is 57.5 Å². The smallest absolute Gasteiger partial charge is 0.0587 e. The van der Waals surface area contributed by atoms with Gasteiger partial charge in [-0.05, 0) is 43.9 Å². The average molecular weight is 304 g/mol. The molecule has 1 N–H and O–H groups in total. The number of likely N-dealkylation sites (tertiary alicyclic amines) is 1. The zero-order valence-corrected chi connectivity index (χ0v) is 13.6. The fraction of sp³-hybridized carbons (Fsp3) is 0.722.